The standard InChI is InChI=1S/C22H24N2O2S/c1-14-6-5-7-18(10-14)22-24-20(17(4)26-22)12-27-13-21(25)23-19-11-15(2)8-9-16(19)3/h5-11H,12-13H2,1-4H3,(H,23,25). The fourth-order valence-corrected chi connectivity index (χ4v) is 3.58. The van der Waals surface area contributed by atoms with Crippen LogP contribution in [0.4, 0.5) is 5.69 Å². The molecule has 0 unspecified atom stereocenters. The van der Waals surface area contributed by atoms with Gasteiger partial charge in [0.1, 0.15) is 5.76 Å². The molecular weight excluding hydrogens is 356 g/mol. The van der Waals surface area contributed by atoms with Crippen LogP contribution in [0, 0.1) is 27.7 Å². The highest BCUT2D eigenvalue weighted by molar-refractivity contribution is 7.99. The second-order valence-electron chi connectivity index (χ2n) is 6.75. The fourth-order valence-electron chi connectivity index (χ4n) is 2.76. The van der Waals surface area contributed by atoms with Gasteiger partial charge in [0, 0.05) is 17.0 Å². The monoisotopic (exact) mass is 380 g/mol. The lowest BCUT2D eigenvalue weighted by Gasteiger charge is -2.09. The van der Waals surface area contributed by atoms with Crippen LogP contribution in [0.2, 0.25) is 0 Å². The third kappa shape index (κ3) is 5.01. The van der Waals surface area contributed by atoms with Crippen LogP contribution in [0.25, 0.3) is 11.5 Å². The second kappa shape index (κ2) is 8.44. The number of benzene rings is 2. The molecule has 1 amide bonds. The summed E-state index contributed by atoms with van der Waals surface area (Å²) in [6.07, 6.45) is 0. The number of aryl methyl sites for hydroxylation is 4. The summed E-state index contributed by atoms with van der Waals surface area (Å²) in [4.78, 5) is 16.8. The number of oxazole rings is 1. The number of rotatable bonds is 6. The first-order chi connectivity index (χ1) is 12.9. The zero-order chi connectivity index (χ0) is 19.4. The highest BCUT2D eigenvalue weighted by Crippen LogP contribution is 2.25. The Balaban J connectivity index is 1.57. The predicted molar refractivity (Wildman–Crippen MR) is 112 cm³/mol. The molecule has 0 atom stereocenters. The maximum atomic E-state index is 12.2. The number of amides is 1. The molecule has 3 aromatic rings. The number of thioether (sulfide) groups is 1. The smallest absolute Gasteiger partial charge is 0.234 e. The fraction of sp³-hybridized carbons (Fsp3) is 0.273. The summed E-state index contributed by atoms with van der Waals surface area (Å²) < 4.78 is 5.81. The van der Waals surface area contributed by atoms with Crippen molar-refractivity contribution in [3.8, 4) is 11.5 Å². The number of carbonyl (C=O) groups excluding carboxylic acids is 1. The van der Waals surface area contributed by atoms with Gasteiger partial charge >= 0.3 is 0 Å². The number of nitrogens with zero attached hydrogens (tertiary/aromatic N) is 1. The van der Waals surface area contributed by atoms with Crippen LogP contribution in [-0.2, 0) is 10.5 Å². The van der Waals surface area contributed by atoms with Crippen LogP contribution in [-0.4, -0.2) is 16.6 Å². The third-order valence-corrected chi connectivity index (χ3v) is 5.24. The molecule has 0 aliphatic carbocycles. The molecule has 0 saturated carbocycles. The van der Waals surface area contributed by atoms with Gasteiger partial charge in [-0.1, -0.05) is 29.8 Å². The topological polar surface area (TPSA) is 55.1 Å². The van der Waals surface area contributed by atoms with E-state index in [0.717, 1.165) is 33.8 Å². The molecule has 0 radical (unpaired) electrons. The SMILES string of the molecule is Cc1cccc(-c2nc(CSCC(=O)Nc3cc(C)ccc3C)c(C)o2)c1. The van der Waals surface area contributed by atoms with Crippen molar-refractivity contribution in [3.05, 3.63) is 70.6 Å². The van der Waals surface area contributed by atoms with Crippen molar-refractivity contribution in [1.29, 1.82) is 0 Å². The van der Waals surface area contributed by atoms with Gasteiger partial charge in [-0.05, 0) is 57.0 Å². The number of nitrogens with one attached hydrogen (secondary N) is 1. The lowest BCUT2D eigenvalue weighted by molar-refractivity contribution is -0.113. The molecule has 5 heteroatoms. The second-order valence-corrected chi connectivity index (χ2v) is 7.74. The Bertz CT molecular complexity index is 963. The predicted octanol–water partition coefficient (Wildman–Crippen LogP) is 5.45. The first-order valence-corrected chi connectivity index (χ1v) is 10.1. The van der Waals surface area contributed by atoms with Gasteiger partial charge in [0.2, 0.25) is 11.8 Å². The van der Waals surface area contributed by atoms with E-state index in [1.165, 1.54) is 17.3 Å². The first kappa shape index (κ1) is 19.2. The number of anilines is 1. The molecule has 0 bridgehead atoms. The summed E-state index contributed by atoms with van der Waals surface area (Å²) >= 11 is 1.54. The van der Waals surface area contributed by atoms with Crippen molar-refractivity contribution in [1.82, 2.24) is 4.98 Å². The van der Waals surface area contributed by atoms with E-state index in [0.29, 0.717) is 17.4 Å². The number of carbonyl (C=O) groups is 1. The Morgan fingerprint density at radius 2 is 1.85 bits per heavy atom. The Kier molecular flexibility index (Phi) is 6.01. The number of hydrogen-bond donors (Lipinski definition) is 1. The van der Waals surface area contributed by atoms with Gasteiger partial charge in [-0.15, -0.1) is 11.8 Å². The van der Waals surface area contributed by atoms with Crippen molar-refractivity contribution in [3.63, 3.8) is 0 Å². The normalized spacial score (nSPS) is 10.8. The molecule has 0 aliphatic rings. The van der Waals surface area contributed by atoms with Crippen LogP contribution in [0.15, 0.2) is 46.9 Å². The van der Waals surface area contributed by atoms with Gasteiger partial charge in [0.05, 0.1) is 11.4 Å². The molecule has 1 N–H and O–H groups in total. The average Bonchev–Trinajstić information content (AvgIpc) is 2.99. The van der Waals surface area contributed by atoms with Crippen LogP contribution >= 0.6 is 11.8 Å². The highest BCUT2D eigenvalue weighted by atomic mass is 32.2. The summed E-state index contributed by atoms with van der Waals surface area (Å²) in [6, 6.07) is 14.1. The quantitative estimate of drug-likeness (QED) is 0.618. The summed E-state index contributed by atoms with van der Waals surface area (Å²) in [5.41, 5.74) is 6.10. The molecule has 1 heterocycles. The minimum atomic E-state index is -0.00578. The minimum Gasteiger partial charge on any atom is -0.441 e. The molecule has 27 heavy (non-hydrogen) atoms. The zero-order valence-corrected chi connectivity index (χ0v) is 16.9. The molecule has 3 rings (SSSR count). The number of aromatic nitrogens is 1. The highest BCUT2D eigenvalue weighted by Gasteiger charge is 2.13. The molecule has 0 fully saturated rings. The van der Waals surface area contributed by atoms with E-state index in [1.54, 1.807) is 0 Å². The van der Waals surface area contributed by atoms with Gasteiger partial charge in [-0.3, -0.25) is 4.79 Å². The van der Waals surface area contributed by atoms with E-state index >= 15 is 0 Å². The van der Waals surface area contributed by atoms with Crippen LogP contribution in [0.3, 0.4) is 0 Å². The summed E-state index contributed by atoms with van der Waals surface area (Å²) in [7, 11) is 0. The molecule has 4 nitrogen and oxygen atoms in total. The minimum absolute atomic E-state index is 0.00578. The van der Waals surface area contributed by atoms with E-state index < -0.39 is 0 Å². The van der Waals surface area contributed by atoms with E-state index in [1.807, 2.05) is 64.1 Å². The van der Waals surface area contributed by atoms with Crippen molar-refractivity contribution >= 4 is 23.4 Å². The Hall–Kier alpha value is -2.53. The van der Waals surface area contributed by atoms with E-state index in [9.17, 15) is 4.79 Å². The Morgan fingerprint density at radius 1 is 1.07 bits per heavy atom. The van der Waals surface area contributed by atoms with E-state index in [4.69, 9.17) is 4.42 Å². The Morgan fingerprint density at radius 3 is 2.63 bits per heavy atom. The van der Waals surface area contributed by atoms with E-state index in [-0.39, 0.29) is 5.91 Å². The molecule has 2 aromatic carbocycles. The van der Waals surface area contributed by atoms with Crippen molar-refractivity contribution in [2.75, 3.05) is 11.1 Å². The number of hydrogen-bond acceptors (Lipinski definition) is 4. The molecule has 1 aromatic heterocycles. The summed E-state index contributed by atoms with van der Waals surface area (Å²) in [5, 5.41) is 2.99. The van der Waals surface area contributed by atoms with Gasteiger partial charge < -0.3 is 9.73 Å². The van der Waals surface area contributed by atoms with Crippen molar-refractivity contribution in [2.24, 2.45) is 0 Å². The molecular formula is C22H24N2O2S. The van der Waals surface area contributed by atoms with Gasteiger partial charge in [-0.25, -0.2) is 4.98 Å². The maximum absolute atomic E-state index is 12.2. The Labute approximate surface area is 164 Å². The first-order valence-electron chi connectivity index (χ1n) is 8.90. The zero-order valence-electron chi connectivity index (χ0n) is 16.1. The van der Waals surface area contributed by atoms with Crippen LogP contribution < -0.4 is 5.32 Å². The lowest BCUT2D eigenvalue weighted by atomic mass is 10.1. The maximum Gasteiger partial charge on any atom is 0.234 e. The van der Waals surface area contributed by atoms with E-state index in [2.05, 4.69) is 16.4 Å². The molecule has 140 valence electrons. The van der Waals surface area contributed by atoms with Crippen LogP contribution in [0.1, 0.15) is 28.1 Å². The summed E-state index contributed by atoms with van der Waals surface area (Å²) in [6.45, 7) is 7.97. The summed E-state index contributed by atoms with van der Waals surface area (Å²) in [5.74, 6) is 2.44. The lowest BCUT2D eigenvalue weighted by Crippen LogP contribution is -2.15. The van der Waals surface area contributed by atoms with Gasteiger partial charge in [0.25, 0.3) is 0 Å². The van der Waals surface area contributed by atoms with Crippen LogP contribution in [0.5, 0.6) is 0 Å². The average molecular weight is 381 g/mol. The van der Waals surface area contributed by atoms with Crippen molar-refractivity contribution in [2.45, 2.75) is 33.4 Å². The third-order valence-electron chi connectivity index (χ3n) is 4.30. The molecule has 0 spiro atoms. The molecule has 0 saturated heterocycles. The molecule has 0 aliphatic heterocycles. The van der Waals surface area contributed by atoms with Crippen molar-refractivity contribution < 1.29 is 9.21 Å². The van der Waals surface area contributed by atoms with Gasteiger partial charge in [0.15, 0.2) is 0 Å². The van der Waals surface area contributed by atoms with Gasteiger partial charge in [-0.2, -0.15) is 0 Å². The largest absolute Gasteiger partial charge is 0.441 e.